The molecule has 1 saturated heterocycles. The fourth-order valence-electron chi connectivity index (χ4n) is 3.76. The minimum absolute atomic E-state index is 0.273. The number of rotatable bonds is 5. The van der Waals surface area contributed by atoms with E-state index in [9.17, 15) is 5.11 Å². The van der Waals surface area contributed by atoms with Crippen molar-refractivity contribution in [1.82, 2.24) is 14.9 Å². The summed E-state index contributed by atoms with van der Waals surface area (Å²) in [5.41, 5.74) is 3.09. The number of halogens is 2. The zero-order chi connectivity index (χ0) is 20.2. The third kappa shape index (κ3) is 4.60. The van der Waals surface area contributed by atoms with Gasteiger partial charge in [0, 0.05) is 52.9 Å². The summed E-state index contributed by atoms with van der Waals surface area (Å²) in [7, 11) is 0. The topological polar surface area (TPSA) is 58.5 Å². The van der Waals surface area contributed by atoms with Crippen LogP contribution in [0.3, 0.4) is 0 Å². The fraction of sp³-hybridized carbons (Fsp3) is 0.273. The quantitative estimate of drug-likeness (QED) is 0.643. The van der Waals surface area contributed by atoms with Gasteiger partial charge in [0.15, 0.2) is 0 Å². The van der Waals surface area contributed by atoms with Crippen LogP contribution in [0.15, 0.2) is 61.1 Å². The van der Waals surface area contributed by atoms with Crippen molar-refractivity contribution in [2.45, 2.75) is 12.1 Å². The van der Waals surface area contributed by atoms with Crippen molar-refractivity contribution in [1.29, 1.82) is 0 Å². The van der Waals surface area contributed by atoms with Crippen LogP contribution in [-0.4, -0.2) is 46.3 Å². The SMILES string of the molecule is O[C@@H](c1cccnc1-c1cc(Cl)cc(Cl)c1)[C@H](c1cccnc1)N1CCOCC1. The number of nitrogens with zero attached hydrogens (tertiary/aromatic N) is 3. The van der Waals surface area contributed by atoms with E-state index >= 15 is 0 Å². The zero-order valence-corrected chi connectivity index (χ0v) is 17.2. The minimum Gasteiger partial charge on any atom is -0.386 e. The summed E-state index contributed by atoms with van der Waals surface area (Å²) >= 11 is 12.4. The first-order valence-electron chi connectivity index (χ1n) is 9.44. The molecule has 150 valence electrons. The van der Waals surface area contributed by atoms with Gasteiger partial charge >= 0.3 is 0 Å². The highest BCUT2D eigenvalue weighted by atomic mass is 35.5. The molecular formula is C22H21Cl2N3O2. The second kappa shape index (κ2) is 9.20. The fourth-order valence-corrected chi connectivity index (χ4v) is 4.28. The molecule has 1 N–H and O–H groups in total. The lowest BCUT2D eigenvalue weighted by atomic mass is 9.92. The van der Waals surface area contributed by atoms with E-state index in [0.717, 1.165) is 24.2 Å². The number of ether oxygens (including phenoxy) is 1. The Bertz CT molecular complexity index is 945. The van der Waals surface area contributed by atoms with Crippen LogP contribution >= 0.6 is 23.2 Å². The molecule has 0 aliphatic carbocycles. The monoisotopic (exact) mass is 429 g/mol. The number of aliphatic hydroxyl groups excluding tert-OH is 1. The second-order valence-corrected chi connectivity index (χ2v) is 7.80. The van der Waals surface area contributed by atoms with Crippen LogP contribution in [0.2, 0.25) is 10.0 Å². The number of hydrogen-bond donors (Lipinski definition) is 1. The third-order valence-corrected chi connectivity index (χ3v) is 5.49. The van der Waals surface area contributed by atoms with Crippen molar-refractivity contribution in [3.8, 4) is 11.3 Å². The van der Waals surface area contributed by atoms with Gasteiger partial charge in [-0.2, -0.15) is 0 Å². The molecule has 0 amide bonds. The summed E-state index contributed by atoms with van der Waals surface area (Å²) < 4.78 is 5.51. The van der Waals surface area contributed by atoms with E-state index in [2.05, 4.69) is 14.9 Å². The van der Waals surface area contributed by atoms with Crippen LogP contribution in [-0.2, 0) is 4.74 Å². The Balaban J connectivity index is 1.78. The molecule has 0 unspecified atom stereocenters. The third-order valence-electron chi connectivity index (χ3n) is 5.06. The zero-order valence-electron chi connectivity index (χ0n) is 15.7. The number of aliphatic hydroxyl groups is 1. The van der Waals surface area contributed by atoms with Crippen LogP contribution in [0.25, 0.3) is 11.3 Å². The van der Waals surface area contributed by atoms with Crippen molar-refractivity contribution in [3.63, 3.8) is 0 Å². The van der Waals surface area contributed by atoms with Gasteiger partial charge < -0.3 is 9.84 Å². The summed E-state index contributed by atoms with van der Waals surface area (Å²) in [4.78, 5) is 11.0. The van der Waals surface area contributed by atoms with Crippen LogP contribution in [0.1, 0.15) is 23.3 Å². The van der Waals surface area contributed by atoms with Gasteiger partial charge in [-0.3, -0.25) is 14.9 Å². The largest absolute Gasteiger partial charge is 0.386 e. The molecule has 1 aliphatic heterocycles. The molecule has 5 nitrogen and oxygen atoms in total. The van der Waals surface area contributed by atoms with Gasteiger partial charge in [0.2, 0.25) is 0 Å². The minimum atomic E-state index is -0.821. The van der Waals surface area contributed by atoms with Crippen LogP contribution < -0.4 is 0 Å². The van der Waals surface area contributed by atoms with E-state index in [1.807, 2.05) is 24.3 Å². The highest BCUT2D eigenvalue weighted by molar-refractivity contribution is 6.35. The Morgan fingerprint density at radius 3 is 2.41 bits per heavy atom. The molecule has 1 fully saturated rings. The molecule has 7 heteroatoms. The van der Waals surface area contributed by atoms with E-state index in [-0.39, 0.29) is 6.04 Å². The van der Waals surface area contributed by atoms with E-state index in [0.29, 0.717) is 34.5 Å². The van der Waals surface area contributed by atoms with Gasteiger partial charge in [0.25, 0.3) is 0 Å². The first-order chi connectivity index (χ1) is 14.1. The summed E-state index contributed by atoms with van der Waals surface area (Å²) in [6.45, 7) is 2.73. The number of aromatic nitrogens is 2. The molecule has 0 spiro atoms. The van der Waals surface area contributed by atoms with E-state index < -0.39 is 6.10 Å². The van der Waals surface area contributed by atoms with Crippen molar-refractivity contribution >= 4 is 23.2 Å². The van der Waals surface area contributed by atoms with Crippen molar-refractivity contribution in [2.75, 3.05) is 26.3 Å². The highest BCUT2D eigenvalue weighted by Crippen LogP contribution is 2.38. The summed E-state index contributed by atoms with van der Waals surface area (Å²) in [5, 5.41) is 12.6. The second-order valence-electron chi connectivity index (χ2n) is 6.92. The first kappa shape index (κ1) is 20.3. The van der Waals surface area contributed by atoms with E-state index in [4.69, 9.17) is 27.9 Å². The smallest absolute Gasteiger partial charge is 0.101 e. The Hall–Kier alpha value is -2.02. The Kier molecular flexibility index (Phi) is 6.43. The molecule has 1 aliphatic rings. The van der Waals surface area contributed by atoms with E-state index in [1.165, 1.54) is 0 Å². The molecule has 1 aromatic carbocycles. The molecule has 0 radical (unpaired) electrons. The molecule has 2 atom stereocenters. The van der Waals surface area contributed by atoms with Gasteiger partial charge in [0.1, 0.15) is 6.10 Å². The molecule has 2 aromatic heterocycles. The lowest BCUT2D eigenvalue weighted by Crippen LogP contribution is -2.41. The summed E-state index contributed by atoms with van der Waals surface area (Å²) in [5.74, 6) is 0. The van der Waals surface area contributed by atoms with Crippen LogP contribution in [0, 0.1) is 0 Å². The summed E-state index contributed by atoms with van der Waals surface area (Å²) in [6.07, 6.45) is 4.42. The first-order valence-corrected chi connectivity index (χ1v) is 10.2. The number of benzene rings is 1. The van der Waals surface area contributed by atoms with Crippen LogP contribution in [0.5, 0.6) is 0 Å². The Labute approximate surface area is 179 Å². The highest BCUT2D eigenvalue weighted by Gasteiger charge is 2.32. The average molecular weight is 430 g/mol. The van der Waals surface area contributed by atoms with Gasteiger partial charge in [0.05, 0.1) is 24.9 Å². The van der Waals surface area contributed by atoms with Crippen molar-refractivity contribution in [2.24, 2.45) is 0 Å². The predicted molar refractivity (Wildman–Crippen MR) is 114 cm³/mol. The lowest BCUT2D eigenvalue weighted by Gasteiger charge is -2.37. The molecule has 29 heavy (non-hydrogen) atoms. The van der Waals surface area contributed by atoms with Gasteiger partial charge in [-0.1, -0.05) is 35.3 Å². The van der Waals surface area contributed by atoms with E-state index in [1.54, 1.807) is 36.8 Å². The molecular weight excluding hydrogens is 409 g/mol. The standard InChI is InChI=1S/C22H21Cl2N3O2/c23-17-11-16(12-18(24)13-17)20-19(4-2-6-26-20)22(28)21(15-3-1-5-25-14-15)27-7-9-29-10-8-27/h1-6,11-14,21-22,28H,7-10H2/t21-,22-/m0/s1. The molecule has 0 saturated carbocycles. The lowest BCUT2D eigenvalue weighted by molar-refractivity contribution is -0.0238. The average Bonchev–Trinajstić information content (AvgIpc) is 2.75. The number of hydrogen-bond acceptors (Lipinski definition) is 5. The molecule has 4 rings (SSSR count). The number of morpholine rings is 1. The Morgan fingerprint density at radius 1 is 1.00 bits per heavy atom. The van der Waals surface area contributed by atoms with Gasteiger partial charge in [-0.15, -0.1) is 0 Å². The molecule has 3 heterocycles. The van der Waals surface area contributed by atoms with Gasteiger partial charge in [-0.25, -0.2) is 0 Å². The normalized spacial score (nSPS) is 17.1. The summed E-state index contributed by atoms with van der Waals surface area (Å²) in [6, 6.07) is 12.6. The van der Waals surface area contributed by atoms with Crippen molar-refractivity contribution < 1.29 is 9.84 Å². The molecule has 3 aromatic rings. The predicted octanol–water partition coefficient (Wildman–Crippen LogP) is 4.56. The van der Waals surface area contributed by atoms with Crippen LogP contribution in [0.4, 0.5) is 0 Å². The van der Waals surface area contributed by atoms with Crippen molar-refractivity contribution in [3.05, 3.63) is 82.2 Å². The van der Waals surface area contributed by atoms with Gasteiger partial charge in [-0.05, 0) is 35.9 Å². The molecule has 0 bridgehead atoms. The maximum atomic E-state index is 11.6. The maximum Gasteiger partial charge on any atom is 0.101 e. The maximum absolute atomic E-state index is 11.6. The number of pyridine rings is 2. The Morgan fingerprint density at radius 2 is 1.72 bits per heavy atom.